The second-order valence-electron chi connectivity index (χ2n) is 9.03. The van der Waals surface area contributed by atoms with Gasteiger partial charge in [-0.25, -0.2) is 0 Å². The quantitative estimate of drug-likeness (QED) is 0.147. The van der Waals surface area contributed by atoms with Crippen LogP contribution in [-0.2, 0) is 23.7 Å². The molecule has 0 radical (unpaired) electrons. The Morgan fingerprint density at radius 3 is 1.91 bits per heavy atom. The number of ether oxygens (including phenoxy) is 5. The summed E-state index contributed by atoms with van der Waals surface area (Å²) >= 11 is 0. The van der Waals surface area contributed by atoms with Gasteiger partial charge >= 0.3 is 0 Å². The summed E-state index contributed by atoms with van der Waals surface area (Å²) in [7, 11) is 0. The first-order valence-electron chi connectivity index (χ1n) is 11.2. The van der Waals surface area contributed by atoms with Crippen LogP contribution in [0.3, 0.4) is 0 Å². The van der Waals surface area contributed by atoms with E-state index in [0.717, 1.165) is 0 Å². The Balaban J connectivity index is 1.56. The molecule has 2 saturated heterocycles. The minimum absolute atomic E-state index is 0.150. The summed E-state index contributed by atoms with van der Waals surface area (Å²) in [5.74, 6) is -0.891. The number of aliphatic hydroxyl groups is 9. The maximum absolute atomic E-state index is 10.4. The third-order valence-corrected chi connectivity index (χ3v) is 6.93. The summed E-state index contributed by atoms with van der Waals surface area (Å²) in [4.78, 5) is 0. The molecular formula is C21H32O14. The molecule has 14 heteroatoms. The predicted octanol–water partition coefficient (Wildman–Crippen LogP) is -4.83. The van der Waals surface area contributed by atoms with Crippen LogP contribution >= 0.6 is 0 Å². The molecule has 4 aliphatic rings. The first-order valence-corrected chi connectivity index (χ1v) is 11.2. The van der Waals surface area contributed by atoms with Crippen molar-refractivity contribution in [2.75, 3.05) is 19.8 Å². The molecule has 0 aromatic rings. The molecule has 14 nitrogen and oxygen atoms in total. The lowest BCUT2D eigenvalue weighted by molar-refractivity contribution is -0.358. The molecule has 35 heavy (non-hydrogen) atoms. The lowest BCUT2D eigenvalue weighted by Crippen LogP contribution is -2.62. The molecule has 13 atom stereocenters. The summed E-state index contributed by atoms with van der Waals surface area (Å²) in [5, 5.41) is 89.8. The molecule has 2 fully saturated rings. The molecule has 3 aliphatic heterocycles. The average molecular weight is 508 g/mol. The van der Waals surface area contributed by atoms with E-state index in [0.29, 0.717) is 5.57 Å². The van der Waals surface area contributed by atoms with Gasteiger partial charge in [0.1, 0.15) is 54.4 Å². The second-order valence-corrected chi connectivity index (χ2v) is 9.03. The van der Waals surface area contributed by atoms with E-state index in [9.17, 15) is 46.0 Å². The number of rotatable bonds is 7. The minimum Gasteiger partial charge on any atom is -0.472 e. The van der Waals surface area contributed by atoms with E-state index in [1.807, 2.05) is 0 Å². The second kappa shape index (κ2) is 10.6. The summed E-state index contributed by atoms with van der Waals surface area (Å²) in [5.41, 5.74) is -0.934. The van der Waals surface area contributed by atoms with Crippen LogP contribution in [0.4, 0.5) is 0 Å². The molecule has 0 spiro atoms. The van der Waals surface area contributed by atoms with E-state index >= 15 is 0 Å². The highest BCUT2D eigenvalue weighted by Crippen LogP contribution is 2.47. The number of hydrogen-bond acceptors (Lipinski definition) is 14. The van der Waals surface area contributed by atoms with Crippen molar-refractivity contribution in [3.05, 3.63) is 24.0 Å². The molecule has 0 unspecified atom stereocenters. The topological polar surface area (TPSA) is 228 Å². The molecule has 3 heterocycles. The van der Waals surface area contributed by atoms with Crippen molar-refractivity contribution in [2.45, 2.75) is 79.7 Å². The van der Waals surface area contributed by atoms with Crippen LogP contribution in [0, 0.1) is 5.92 Å². The van der Waals surface area contributed by atoms with Gasteiger partial charge in [-0.1, -0.05) is 6.08 Å². The lowest BCUT2D eigenvalue weighted by Gasteiger charge is -2.48. The zero-order valence-corrected chi connectivity index (χ0v) is 18.6. The highest BCUT2D eigenvalue weighted by molar-refractivity contribution is 5.30. The van der Waals surface area contributed by atoms with Gasteiger partial charge in [-0.3, -0.25) is 0 Å². The van der Waals surface area contributed by atoms with Gasteiger partial charge in [0.2, 0.25) is 6.29 Å². The van der Waals surface area contributed by atoms with Gasteiger partial charge in [-0.2, -0.15) is 0 Å². The van der Waals surface area contributed by atoms with E-state index in [2.05, 4.69) is 0 Å². The molecule has 9 N–H and O–H groups in total. The molecule has 0 bridgehead atoms. The summed E-state index contributed by atoms with van der Waals surface area (Å²) in [6, 6.07) is 0. The molecule has 0 saturated carbocycles. The Labute approximate surface area is 199 Å². The van der Waals surface area contributed by atoms with Gasteiger partial charge in [0.05, 0.1) is 32.0 Å². The summed E-state index contributed by atoms with van der Waals surface area (Å²) in [6.07, 6.45) is -12.1. The Morgan fingerprint density at radius 2 is 1.34 bits per heavy atom. The van der Waals surface area contributed by atoms with Gasteiger partial charge in [0.15, 0.2) is 12.6 Å². The molecule has 0 aromatic carbocycles. The highest BCUT2D eigenvalue weighted by Gasteiger charge is 2.56. The molecule has 200 valence electrons. The van der Waals surface area contributed by atoms with Crippen LogP contribution in [0.15, 0.2) is 24.0 Å². The molecule has 0 aromatic heterocycles. The van der Waals surface area contributed by atoms with Crippen LogP contribution in [0.2, 0.25) is 0 Å². The van der Waals surface area contributed by atoms with Crippen molar-refractivity contribution in [2.24, 2.45) is 5.92 Å². The van der Waals surface area contributed by atoms with Gasteiger partial charge in [0, 0.05) is 0 Å². The summed E-state index contributed by atoms with van der Waals surface area (Å²) in [6.45, 7) is -1.75. The number of aliphatic hydroxyl groups excluding tert-OH is 9. The largest absolute Gasteiger partial charge is 0.472 e. The van der Waals surface area contributed by atoms with Crippen molar-refractivity contribution in [3.8, 4) is 0 Å². The predicted molar refractivity (Wildman–Crippen MR) is 110 cm³/mol. The van der Waals surface area contributed by atoms with E-state index < -0.39 is 99.0 Å². The number of fused-ring (bicyclic) bond motifs is 1. The van der Waals surface area contributed by atoms with Crippen LogP contribution in [0.25, 0.3) is 0 Å². The fourth-order valence-electron chi connectivity index (χ4n) is 4.87. The standard InChI is InChI=1S/C21H32O14/c22-5-8-1-2-21(35-20-17(30)15(28)13(26)10(7-24)33-20)3-4-31-18(11(8)21)34-19-16(29)14(27)12(25)9(6-23)32-19/h1,3-4,9-20,22-30H,2,5-7H2/t9-,10-,11+,12-,13-,14+,15+,16-,17-,18+,19+,20+,21+/m1/s1. The van der Waals surface area contributed by atoms with E-state index in [4.69, 9.17) is 23.7 Å². The average Bonchev–Trinajstić information content (AvgIpc) is 3.24. The van der Waals surface area contributed by atoms with Crippen LogP contribution in [-0.4, -0.2) is 139 Å². The van der Waals surface area contributed by atoms with Gasteiger partial charge < -0.3 is 69.6 Å². The first kappa shape index (κ1) is 26.8. The monoisotopic (exact) mass is 508 g/mol. The fourth-order valence-corrected chi connectivity index (χ4v) is 4.87. The minimum atomic E-state index is -1.70. The number of hydrogen-bond donors (Lipinski definition) is 9. The third-order valence-electron chi connectivity index (χ3n) is 6.93. The van der Waals surface area contributed by atoms with Crippen molar-refractivity contribution >= 4 is 0 Å². The Bertz CT molecular complexity index is 788. The maximum atomic E-state index is 10.4. The normalized spacial score (nSPS) is 49.9. The molecule has 0 amide bonds. The zero-order chi connectivity index (χ0) is 25.5. The highest BCUT2D eigenvalue weighted by atomic mass is 16.8. The molecule has 4 rings (SSSR count). The van der Waals surface area contributed by atoms with E-state index in [-0.39, 0.29) is 6.42 Å². The van der Waals surface area contributed by atoms with Gasteiger partial charge in [-0.15, -0.1) is 0 Å². The van der Waals surface area contributed by atoms with Crippen molar-refractivity contribution in [1.82, 2.24) is 0 Å². The molecule has 1 aliphatic carbocycles. The van der Waals surface area contributed by atoms with E-state index in [1.54, 1.807) is 6.08 Å². The van der Waals surface area contributed by atoms with Crippen LogP contribution in [0.1, 0.15) is 6.42 Å². The Kier molecular flexibility index (Phi) is 8.14. The summed E-state index contributed by atoms with van der Waals surface area (Å²) < 4.78 is 28.3. The first-order chi connectivity index (χ1) is 16.7. The van der Waals surface area contributed by atoms with Gasteiger partial charge in [0.25, 0.3) is 0 Å². The van der Waals surface area contributed by atoms with Crippen molar-refractivity contribution < 1.29 is 69.6 Å². The lowest BCUT2D eigenvalue weighted by atomic mass is 9.84. The van der Waals surface area contributed by atoms with E-state index in [1.165, 1.54) is 12.3 Å². The fraction of sp³-hybridized carbons (Fsp3) is 0.810. The smallest absolute Gasteiger partial charge is 0.211 e. The van der Waals surface area contributed by atoms with Crippen molar-refractivity contribution in [1.29, 1.82) is 0 Å². The maximum Gasteiger partial charge on any atom is 0.211 e. The van der Waals surface area contributed by atoms with Crippen LogP contribution < -0.4 is 0 Å². The third kappa shape index (κ3) is 4.75. The van der Waals surface area contributed by atoms with Crippen LogP contribution in [0.5, 0.6) is 0 Å². The van der Waals surface area contributed by atoms with Gasteiger partial charge in [-0.05, 0) is 18.1 Å². The molecular weight excluding hydrogens is 476 g/mol. The zero-order valence-electron chi connectivity index (χ0n) is 18.6. The Hall–Kier alpha value is -1.24. The SMILES string of the molecule is OCC1=CC[C@]2(O[C@@H]3O[C@H](CO)[C@@H](O)[C@H](O)[C@H]3O)C=CO[C@@H](O[C@@H]3O[C@H](CO)[C@@H](O)[C@H](O)[C@H]3O)[C@H]12. The Morgan fingerprint density at radius 1 is 0.771 bits per heavy atom. The van der Waals surface area contributed by atoms with Crippen molar-refractivity contribution in [3.63, 3.8) is 0 Å².